The fourth-order valence-corrected chi connectivity index (χ4v) is 11.6. The van der Waals surface area contributed by atoms with Crippen molar-refractivity contribution in [1.82, 2.24) is 0 Å². The van der Waals surface area contributed by atoms with Crippen LogP contribution in [-0.2, 0) is 4.43 Å². The molecule has 2 aliphatic heterocycles. The zero-order valence-corrected chi connectivity index (χ0v) is 23.1. The summed E-state index contributed by atoms with van der Waals surface area (Å²) in [4.78, 5) is 0. The van der Waals surface area contributed by atoms with Crippen molar-refractivity contribution >= 4 is 25.4 Å². The van der Waals surface area contributed by atoms with Crippen LogP contribution in [0, 0.1) is 0 Å². The van der Waals surface area contributed by atoms with E-state index in [-0.39, 0.29) is 5.04 Å². The van der Waals surface area contributed by atoms with Crippen LogP contribution in [0.15, 0.2) is 72.3 Å². The van der Waals surface area contributed by atoms with E-state index in [4.69, 9.17) is 4.43 Å². The zero-order valence-electron chi connectivity index (χ0n) is 22.1. The molecule has 2 aromatic rings. The summed E-state index contributed by atoms with van der Waals surface area (Å²) >= 11 is 0. The summed E-state index contributed by atoms with van der Waals surface area (Å²) in [5.41, 5.74) is 1.50. The van der Waals surface area contributed by atoms with Crippen LogP contribution in [0.5, 0.6) is 0 Å². The Balaban J connectivity index is 1.43. The van der Waals surface area contributed by atoms with Crippen LogP contribution in [0.1, 0.15) is 79.1 Å². The average molecular weight is 473 g/mol. The zero-order chi connectivity index (χ0) is 24.0. The maximum absolute atomic E-state index is 7.06. The molecule has 0 saturated carbocycles. The third-order valence-electron chi connectivity index (χ3n) is 8.77. The summed E-state index contributed by atoms with van der Waals surface area (Å²) in [6.45, 7) is 11.1. The second-order valence-electron chi connectivity index (χ2n) is 12.0. The lowest BCUT2D eigenvalue weighted by atomic mass is 9.26. The molecule has 2 heterocycles. The van der Waals surface area contributed by atoms with Crippen LogP contribution in [0.25, 0.3) is 0 Å². The van der Waals surface area contributed by atoms with E-state index in [0.29, 0.717) is 6.61 Å². The highest BCUT2D eigenvalue weighted by Crippen LogP contribution is 2.48. The minimum Gasteiger partial charge on any atom is -0.404 e. The Morgan fingerprint density at radius 1 is 0.882 bits per heavy atom. The van der Waals surface area contributed by atoms with Gasteiger partial charge in [0.1, 0.15) is 6.71 Å². The number of rotatable bonds is 9. The van der Waals surface area contributed by atoms with E-state index >= 15 is 0 Å². The molecule has 2 fully saturated rings. The van der Waals surface area contributed by atoms with E-state index < -0.39 is 8.32 Å². The van der Waals surface area contributed by atoms with Gasteiger partial charge < -0.3 is 4.43 Å². The molecule has 0 spiro atoms. The molecule has 0 aliphatic carbocycles. The Morgan fingerprint density at radius 2 is 1.38 bits per heavy atom. The first-order valence-electron chi connectivity index (χ1n) is 13.8. The fourth-order valence-electron chi connectivity index (χ4n) is 7.07. The first-order valence-corrected chi connectivity index (χ1v) is 15.7. The first-order chi connectivity index (χ1) is 16.4. The van der Waals surface area contributed by atoms with Crippen LogP contribution >= 0.6 is 0 Å². The predicted octanol–water partition coefficient (Wildman–Crippen LogP) is 7.89. The molecule has 2 aromatic carbocycles. The largest absolute Gasteiger partial charge is 0.404 e. The molecule has 4 rings (SSSR count). The highest BCUT2D eigenvalue weighted by atomic mass is 28.4. The SMILES string of the molecule is C/C(=C\CO[Si](c1ccccc1)(c1ccccc1)C(C)(C)C)CCCB1C2CCCC1CCC2. The van der Waals surface area contributed by atoms with Gasteiger partial charge in [-0.3, -0.25) is 0 Å². The van der Waals surface area contributed by atoms with E-state index in [1.807, 2.05) is 0 Å². The van der Waals surface area contributed by atoms with Crippen molar-refractivity contribution in [2.45, 2.75) is 102 Å². The monoisotopic (exact) mass is 472 g/mol. The van der Waals surface area contributed by atoms with E-state index in [1.165, 1.54) is 73.6 Å². The fraction of sp³-hybridized carbons (Fsp3) is 0.548. The van der Waals surface area contributed by atoms with Crippen molar-refractivity contribution in [1.29, 1.82) is 0 Å². The van der Waals surface area contributed by atoms with Gasteiger partial charge in [-0.1, -0.05) is 156 Å². The quantitative estimate of drug-likeness (QED) is 0.266. The molecular weight excluding hydrogens is 427 g/mol. The molecule has 2 aliphatic rings. The molecule has 34 heavy (non-hydrogen) atoms. The molecule has 182 valence electrons. The molecule has 0 unspecified atom stereocenters. The van der Waals surface area contributed by atoms with Gasteiger partial charge in [0.2, 0.25) is 0 Å². The minimum absolute atomic E-state index is 0.0379. The maximum atomic E-state index is 7.06. The standard InChI is InChI=1S/C31H45BOSi/c1-26(14-13-24-32-27-15-11-16-28(32)18-12-17-27)23-25-33-34(31(2,3)4,29-19-7-5-8-20-29)30-21-9-6-10-22-30/h5-10,19-23,27-28H,11-18,24-25H2,1-4H3/b26-23+. The Labute approximate surface area is 210 Å². The summed E-state index contributed by atoms with van der Waals surface area (Å²) in [5.74, 6) is 2.07. The number of hydrogen-bond donors (Lipinski definition) is 0. The van der Waals surface area contributed by atoms with Crippen LogP contribution in [0.3, 0.4) is 0 Å². The van der Waals surface area contributed by atoms with Gasteiger partial charge in [-0.15, -0.1) is 0 Å². The van der Waals surface area contributed by atoms with Crippen LogP contribution in [0.2, 0.25) is 23.0 Å². The van der Waals surface area contributed by atoms with Crippen LogP contribution in [0.4, 0.5) is 0 Å². The highest BCUT2D eigenvalue weighted by Gasteiger charge is 2.49. The number of hydrogen-bond acceptors (Lipinski definition) is 1. The smallest absolute Gasteiger partial charge is 0.261 e. The summed E-state index contributed by atoms with van der Waals surface area (Å²) in [5, 5.41) is 2.77. The molecule has 3 heteroatoms. The molecule has 2 bridgehead atoms. The summed E-state index contributed by atoms with van der Waals surface area (Å²) in [6.07, 6.45) is 15.4. The van der Waals surface area contributed by atoms with Gasteiger partial charge in [-0.05, 0) is 28.8 Å². The molecular formula is C31H45BOSi. The van der Waals surface area contributed by atoms with Gasteiger partial charge in [0.05, 0.1) is 6.61 Å². The van der Waals surface area contributed by atoms with E-state index in [1.54, 1.807) is 0 Å². The third-order valence-corrected chi connectivity index (χ3v) is 13.8. The van der Waals surface area contributed by atoms with Crippen molar-refractivity contribution in [3.05, 3.63) is 72.3 Å². The lowest BCUT2D eigenvalue weighted by molar-refractivity contribution is 0.338. The highest BCUT2D eigenvalue weighted by molar-refractivity contribution is 6.99. The molecule has 1 nitrogen and oxygen atoms in total. The molecule has 2 saturated heterocycles. The molecule has 0 amide bonds. The van der Waals surface area contributed by atoms with E-state index in [2.05, 4.69) is 94.4 Å². The van der Waals surface area contributed by atoms with Crippen LogP contribution in [-0.4, -0.2) is 21.6 Å². The molecule has 0 atom stereocenters. The van der Waals surface area contributed by atoms with Crippen LogP contribution < -0.4 is 10.4 Å². The van der Waals surface area contributed by atoms with E-state index in [9.17, 15) is 0 Å². The Morgan fingerprint density at radius 3 is 1.85 bits per heavy atom. The van der Waals surface area contributed by atoms with Gasteiger partial charge in [-0.25, -0.2) is 0 Å². The molecule has 0 radical (unpaired) electrons. The van der Waals surface area contributed by atoms with Gasteiger partial charge >= 0.3 is 0 Å². The van der Waals surface area contributed by atoms with Gasteiger partial charge in [0.15, 0.2) is 0 Å². The number of benzene rings is 2. The lowest BCUT2D eigenvalue weighted by Gasteiger charge is -2.42. The Hall–Kier alpha value is -1.58. The van der Waals surface area contributed by atoms with Crippen molar-refractivity contribution in [2.24, 2.45) is 0 Å². The number of fused-ring (bicyclic) bond motifs is 2. The lowest BCUT2D eigenvalue weighted by Crippen LogP contribution is -2.66. The van der Waals surface area contributed by atoms with Crippen molar-refractivity contribution in [3.63, 3.8) is 0 Å². The van der Waals surface area contributed by atoms with Crippen molar-refractivity contribution < 1.29 is 4.43 Å². The van der Waals surface area contributed by atoms with Crippen molar-refractivity contribution in [2.75, 3.05) is 6.61 Å². The Kier molecular flexibility index (Phi) is 8.58. The predicted molar refractivity (Wildman–Crippen MR) is 152 cm³/mol. The summed E-state index contributed by atoms with van der Waals surface area (Å²) in [6, 6.07) is 22.0. The normalized spacial score (nSPS) is 21.5. The van der Waals surface area contributed by atoms with Gasteiger partial charge in [0, 0.05) is 0 Å². The first kappa shape index (κ1) is 25.5. The third kappa shape index (κ3) is 5.63. The number of allylic oxidation sites excluding steroid dienone is 1. The van der Waals surface area contributed by atoms with Gasteiger partial charge in [-0.2, -0.15) is 0 Å². The maximum Gasteiger partial charge on any atom is 0.261 e. The minimum atomic E-state index is -2.43. The molecule has 0 N–H and O–H groups in total. The topological polar surface area (TPSA) is 9.23 Å². The average Bonchev–Trinajstić information content (AvgIpc) is 2.82. The summed E-state index contributed by atoms with van der Waals surface area (Å²) < 4.78 is 7.06. The molecule has 0 aromatic heterocycles. The second kappa shape index (κ2) is 11.4. The van der Waals surface area contributed by atoms with E-state index in [0.717, 1.165) is 18.3 Å². The second-order valence-corrected chi connectivity index (χ2v) is 16.3. The van der Waals surface area contributed by atoms with Gasteiger partial charge in [0.25, 0.3) is 8.32 Å². The Bertz CT molecular complexity index is 856. The summed E-state index contributed by atoms with van der Waals surface area (Å²) in [7, 11) is -2.43. The van der Waals surface area contributed by atoms with Crippen molar-refractivity contribution in [3.8, 4) is 0 Å².